The summed E-state index contributed by atoms with van der Waals surface area (Å²) < 4.78 is 25.6. The first-order valence-corrected chi connectivity index (χ1v) is 9.79. The molecule has 9 nitrogen and oxygen atoms in total. The molecular formula is C18H17N3O6S. The first-order valence-electron chi connectivity index (χ1n) is 8.35. The molecule has 146 valence electrons. The number of hydrogen-bond acceptors (Lipinski definition) is 6. The van der Waals surface area contributed by atoms with Crippen LogP contribution in [-0.2, 0) is 14.8 Å². The van der Waals surface area contributed by atoms with Gasteiger partial charge in [0.15, 0.2) is 0 Å². The maximum Gasteiger partial charge on any atom is 0.274 e. The van der Waals surface area contributed by atoms with Gasteiger partial charge in [-0.2, -0.15) is 0 Å². The molecule has 0 aliphatic carbocycles. The molecule has 10 heteroatoms. The van der Waals surface area contributed by atoms with E-state index in [0.29, 0.717) is 5.69 Å². The third-order valence-corrected chi connectivity index (χ3v) is 6.05. The Kier molecular flexibility index (Phi) is 5.43. The number of amides is 3. The number of rotatable bonds is 6. The van der Waals surface area contributed by atoms with E-state index in [1.807, 2.05) is 0 Å². The van der Waals surface area contributed by atoms with E-state index in [1.54, 1.807) is 12.1 Å². The summed E-state index contributed by atoms with van der Waals surface area (Å²) >= 11 is 0. The molecule has 0 saturated heterocycles. The molecule has 0 aromatic heterocycles. The van der Waals surface area contributed by atoms with E-state index in [0.717, 1.165) is 4.31 Å². The van der Waals surface area contributed by atoms with Crippen molar-refractivity contribution in [2.45, 2.75) is 17.7 Å². The number of anilines is 1. The molecule has 3 N–H and O–H groups in total. The van der Waals surface area contributed by atoms with Gasteiger partial charge in [0.05, 0.1) is 5.56 Å². The van der Waals surface area contributed by atoms with E-state index in [2.05, 4.69) is 5.32 Å². The molecule has 3 rings (SSSR count). The van der Waals surface area contributed by atoms with Crippen LogP contribution in [0.2, 0.25) is 0 Å². The minimum absolute atomic E-state index is 0.00846. The fourth-order valence-electron chi connectivity index (χ4n) is 2.83. The minimum Gasteiger partial charge on any atom is -0.326 e. The summed E-state index contributed by atoms with van der Waals surface area (Å²) in [6, 6.07) is 11.8. The molecule has 0 spiro atoms. The number of nitrogens with one attached hydrogen (secondary N) is 2. The van der Waals surface area contributed by atoms with E-state index in [1.165, 1.54) is 41.9 Å². The van der Waals surface area contributed by atoms with E-state index in [-0.39, 0.29) is 41.3 Å². The lowest BCUT2D eigenvalue weighted by Gasteiger charge is -2.14. The van der Waals surface area contributed by atoms with Gasteiger partial charge >= 0.3 is 0 Å². The van der Waals surface area contributed by atoms with E-state index in [4.69, 9.17) is 5.21 Å². The van der Waals surface area contributed by atoms with Crippen molar-refractivity contribution in [2.75, 3.05) is 11.9 Å². The zero-order valence-corrected chi connectivity index (χ0v) is 15.4. The minimum atomic E-state index is -3.87. The van der Waals surface area contributed by atoms with E-state index < -0.39 is 21.8 Å². The van der Waals surface area contributed by atoms with Gasteiger partial charge in [-0.25, -0.2) is 18.2 Å². The van der Waals surface area contributed by atoms with Crippen molar-refractivity contribution in [3.8, 4) is 0 Å². The number of hydroxylamine groups is 1. The van der Waals surface area contributed by atoms with Gasteiger partial charge in [0.25, 0.3) is 21.8 Å². The summed E-state index contributed by atoms with van der Waals surface area (Å²) in [7, 11) is -3.87. The predicted octanol–water partition coefficient (Wildman–Crippen LogP) is 1.37. The van der Waals surface area contributed by atoms with Crippen molar-refractivity contribution < 1.29 is 28.0 Å². The van der Waals surface area contributed by atoms with Crippen molar-refractivity contribution >= 4 is 33.4 Å². The zero-order chi connectivity index (χ0) is 20.3. The summed E-state index contributed by atoms with van der Waals surface area (Å²) in [5.74, 6) is -1.62. The quantitative estimate of drug-likeness (QED) is 0.493. The van der Waals surface area contributed by atoms with Crippen molar-refractivity contribution in [3.63, 3.8) is 0 Å². The summed E-state index contributed by atoms with van der Waals surface area (Å²) in [4.78, 5) is 35.6. The van der Waals surface area contributed by atoms with Crippen LogP contribution in [0.4, 0.5) is 5.69 Å². The Morgan fingerprint density at radius 3 is 2.36 bits per heavy atom. The highest BCUT2D eigenvalue weighted by Crippen LogP contribution is 2.30. The Morgan fingerprint density at radius 1 is 1.04 bits per heavy atom. The van der Waals surface area contributed by atoms with Gasteiger partial charge in [-0.15, -0.1) is 0 Å². The Bertz CT molecular complexity index is 1030. The average Bonchev–Trinajstić information content (AvgIpc) is 2.89. The lowest BCUT2D eigenvalue weighted by Crippen LogP contribution is -2.31. The Hall–Kier alpha value is -3.24. The lowest BCUT2D eigenvalue weighted by atomic mass is 10.2. The largest absolute Gasteiger partial charge is 0.326 e. The van der Waals surface area contributed by atoms with Crippen LogP contribution < -0.4 is 10.8 Å². The number of benzene rings is 2. The number of carbonyl (C=O) groups is 3. The molecule has 2 aromatic carbocycles. The molecule has 1 heterocycles. The zero-order valence-electron chi connectivity index (χ0n) is 14.6. The molecule has 3 amide bonds. The number of carbonyl (C=O) groups excluding carboxylic acids is 3. The topological polar surface area (TPSA) is 133 Å². The van der Waals surface area contributed by atoms with Gasteiger partial charge in [-0.3, -0.25) is 19.6 Å². The first-order chi connectivity index (χ1) is 13.3. The maximum absolute atomic E-state index is 12.4. The van der Waals surface area contributed by atoms with Crippen molar-refractivity contribution in [2.24, 2.45) is 0 Å². The summed E-state index contributed by atoms with van der Waals surface area (Å²) in [5.41, 5.74) is 2.30. The second-order valence-electron chi connectivity index (χ2n) is 6.05. The molecule has 2 aromatic rings. The molecule has 0 saturated carbocycles. The van der Waals surface area contributed by atoms with E-state index in [9.17, 15) is 22.8 Å². The standard InChI is InChI=1S/C18H17N3O6S/c22-16(19-13-9-7-12(8-10-13)17(23)20-25)6-3-11-21-18(24)14-4-1-2-5-15(14)28(21,26)27/h1-2,4-5,7-10,25H,3,6,11H2,(H,19,22)(H,20,23). The van der Waals surface area contributed by atoms with Gasteiger partial charge in [0.1, 0.15) is 4.90 Å². The number of sulfonamides is 1. The Balaban J connectivity index is 1.55. The molecule has 28 heavy (non-hydrogen) atoms. The van der Waals surface area contributed by atoms with E-state index >= 15 is 0 Å². The number of hydrogen-bond donors (Lipinski definition) is 3. The third-order valence-electron chi connectivity index (χ3n) is 4.21. The fourth-order valence-corrected chi connectivity index (χ4v) is 4.44. The van der Waals surface area contributed by atoms with Gasteiger partial charge < -0.3 is 5.32 Å². The number of fused-ring (bicyclic) bond motifs is 1. The Labute approximate surface area is 161 Å². The van der Waals surface area contributed by atoms with Crippen LogP contribution in [0.1, 0.15) is 33.6 Å². The van der Waals surface area contributed by atoms with Crippen molar-refractivity contribution in [3.05, 3.63) is 59.7 Å². The lowest BCUT2D eigenvalue weighted by molar-refractivity contribution is -0.116. The highest BCUT2D eigenvalue weighted by atomic mass is 32.2. The second kappa shape index (κ2) is 7.79. The SMILES string of the molecule is O=C(CCCN1C(=O)c2ccccc2S1(=O)=O)Nc1ccc(C(=O)NO)cc1. The molecule has 0 unspecified atom stereocenters. The normalized spacial score (nSPS) is 14.5. The highest BCUT2D eigenvalue weighted by molar-refractivity contribution is 7.90. The molecule has 1 aliphatic rings. The van der Waals surface area contributed by atoms with Crippen molar-refractivity contribution in [1.82, 2.24) is 9.79 Å². The van der Waals surface area contributed by atoms with Gasteiger partial charge in [0.2, 0.25) is 5.91 Å². The van der Waals surface area contributed by atoms with Crippen LogP contribution in [0.5, 0.6) is 0 Å². The second-order valence-corrected chi connectivity index (χ2v) is 7.88. The molecule has 0 bridgehead atoms. The van der Waals surface area contributed by atoms with Crippen molar-refractivity contribution in [1.29, 1.82) is 0 Å². The molecule has 0 radical (unpaired) electrons. The van der Waals surface area contributed by atoms with Gasteiger partial charge in [0, 0.05) is 24.2 Å². The molecular weight excluding hydrogens is 386 g/mol. The first kappa shape index (κ1) is 19.5. The van der Waals surface area contributed by atoms with Crippen LogP contribution in [0.25, 0.3) is 0 Å². The monoisotopic (exact) mass is 403 g/mol. The average molecular weight is 403 g/mol. The van der Waals surface area contributed by atoms with Crippen LogP contribution in [0, 0.1) is 0 Å². The number of nitrogens with zero attached hydrogens (tertiary/aromatic N) is 1. The molecule has 0 atom stereocenters. The predicted molar refractivity (Wildman–Crippen MR) is 98.2 cm³/mol. The third kappa shape index (κ3) is 3.73. The maximum atomic E-state index is 12.4. The van der Waals surface area contributed by atoms with Crippen LogP contribution in [0.3, 0.4) is 0 Å². The van der Waals surface area contributed by atoms with Crippen LogP contribution in [0.15, 0.2) is 53.4 Å². The summed E-state index contributed by atoms with van der Waals surface area (Å²) in [5, 5.41) is 11.2. The fraction of sp³-hybridized carbons (Fsp3) is 0.167. The van der Waals surface area contributed by atoms with Gasteiger partial charge in [-0.1, -0.05) is 12.1 Å². The summed E-state index contributed by atoms with van der Waals surface area (Å²) in [6.07, 6.45) is 0.171. The summed E-state index contributed by atoms with van der Waals surface area (Å²) in [6.45, 7) is -0.0983. The molecule has 0 fully saturated rings. The Morgan fingerprint density at radius 2 is 1.71 bits per heavy atom. The molecule has 1 aliphatic heterocycles. The van der Waals surface area contributed by atoms with Crippen LogP contribution >= 0.6 is 0 Å². The highest BCUT2D eigenvalue weighted by Gasteiger charge is 2.40. The van der Waals surface area contributed by atoms with Crippen LogP contribution in [-0.4, -0.2) is 42.2 Å². The smallest absolute Gasteiger partial charge is 0.274 e. The van der Waals surface area contributed by atoms with Gasteiger partial charge in [-0.05, 0) is 42.8 Å².